The topological polar surface area (TPSA) is 113 Å². The number of nitro groups is 1. The van der Waals surface area contributed by atoms with Crippen LogP contribution in [0.1, 0.15) is 17.2 Å². The van der Waals surface area contributed by atoms with Gasteiger partial charge in [-0.2, -0.15) is 0 Å². The molecule has 10 heteroatoms. The Bertz CT molecular complexity index is 1380. The van der Waals surface area contributed by atoms with Crippen LogP contribution in [0.2, 0.25) is 0 Å². The minimum atomic E-state index is -1.75. The first-order chi connectivity index (χ1) is 16.7. The van der Waals surface area contributed by atoms with Crippen molar-refractivity contribution in [3.63, 3.8) is 0 Å². The van der Waals surface area contributed by atoms with Crippen molar-refractivity contribution in [3.05, 3.63) is 98.5 Å². The number of benzene rings is 3. The molecule has 0 unspecified atom stereocenters. The number of anilines is 2. The smallest absolute Gasteiger partial charge is 0.335 e. The summed E-state index contributed by atoms with van der Waals surface area (Å²) in [5.74, 6) is -1.43. The number of hydrogen-bond donors (Lipinski definition) is 1. The number of nitrogens with zero attached hydrogens (tertiary/aromatic N) is 3. The Balaban J connectivity index is 1.74. The van der Waals surface area contributed by atoms with Crippen molar-refractivity contribution in [3.8, 4) is 0 Å². The fourth-order valence-corrected chi connectivity index (χ4v) is 5.32. The van der Waals surface area contributed by atoms with Crippen LogP contribution in [0.5, 0.6) is 0 Å². The molecule has 0 bridgehead atoms. The maximum Gasteiger partial charge on any atom is 0.335 e. The number of rotatable bonds is 3. The number of non-ortho nitro benzene ring substituents is 1. The summed E-state index contributed by atoms with van der Waals surface area (Å²) in [7, 11) is 1.74. The van der Waals surface area contributed by atoms with Gasteiger partial charge in [0, 0.05) is 35.8 Å². The summed E-state index contributed by atoms with van der Waals surface area (Å²) in [5, 5.41) is 13.8. The van der Waals surface area contributed by atoms with Crippen molar-refractivity contribution in [2.45, 2.75) is 12.5 Å². The van der Waals surface area contributed by atoms with Gasteiger partial charge >= 0.3 is 6.03 Å². The van der Waals surface area contributed by atoms with Gasteiger partial charge in [-0.1, -0.05) is 46.3 Å². The Hall–Kier alpha value is -4.05. The number of fused-ring (bicyclic) bond motifs is 1. The number of nitro benzene ring substituents is 1. The molecule has 2 heterocycles. The highest BCUT2D eigenvalue weighted by molar-refractivity contribution is 9.10. The number of imide groups is 2. The van der Waals surface area contributed by atoms with Crippen LogP contribution in [-0.4, -0.2) is 29.8 Å². The largest absolute Gasteiger partial charge is 0.366 e. The summed E-state index contributed by atoms with van der Waals surface area (Å²) in [5.41, 5.74) is 0.258. The van der Waals surface area contributed by atoms with Crippen molar-refractivity contribution in [2.24, 2.45) is 5.41 Å². The summed E-state index contributed by atoms with van der Waals surface area (Å²) in [6.45, 7) is 0. The third-order valence-electron chi connectivity index (χ3n) is 6.59. The Morgan fingerprint density at radius 3 is 2.37 bits per heavy atom. The molecule has 1 saturated heterocycles. The summed E-state index contributed by atoms with van der Waals surface area (Å²) in [6, 6.07) is 18.5. The molecular formula is C25H19BrN4O5. The van der Waals surface area contributed by atoms with Gasteiger partial charge in [-0.05, 0) is 41.5 Å². The van der Waals surface area contributed by atoms with E-state index in [-0.39, 0.29) is 12.1 Å². The maximum absolute atomic E-state index is 14.2. The average Bonchev–Trinajstić information content (AvgIpc) is 2.84. The number of carbonyl (C=O) groups is 3. The number of barbiturate groups is 1. The highest BCUT2D eigenvalue weighted by atomic mass is 79.9. The standard InChI is InChI=1S/C25H19BrN4O5/c1-28-20-12-11-19(30(34)35)13-16(20)14-25(21(28)15-5-3-2-4-6-15)22(31)27-24(33)29(23(25)32)18-9-7-17(26)8-10-18/h2-13,21H,14H2,1H3,(H,27,31,33)/t21-,25-/m1/s1. The molecule has 176 valence electrons. The number of carbonyl (C=O) groups excluding carboxylic acids is 3. The van der Waals surface area contributed by atoms with Crippen LogP contribution in [-0.2, 0) is 16.0 Å². The first kappa shape index (κ1) is 22.7. The zero-order valence-electron chi connectivity index (χ0n) is 18.5. The summed E-state index contributed by atoms with van der Waals surface area (Å²) >= 11 is 3.34. The molecule has 2 aliphatic rings. The summed E-state index contributed by atoms with van der Waals surface area (Å²) < 4.78 is 0.762. The van der Waals surface area contributed by atoms with Gasteiger partial charge < -0.3 is 4.90 Å². The lowest BCUT2D eigenvalue weighted by Gasteiger charge is -2.50. The lowest BCUT2D eigenvalue weighted by Crippen LogP contribution is -2.69. The molecule has 0 aromatic heterocycles. The van der Waals surface area contributed by atoms with Gasteiger partial charge in [-0.25, -0.2) is 9.69 Å². The number of amides is 4. The van der Waals surface area contributed by atoms with Crippen LogP contribution in [0, 0.1) is 15.5 Å². The van der Waals surface area contributed by atoms with E-state index in [1.165, 1.54) is 12.1 Å². The van der Waals surface area contributed by atoms with E-state index in [1.807, 2.05) is 30.3 Å². The number of halogens is 1. The highest BCUT2D eigenvalue weighted by Gasteiger charge is 2.62. The monoisotopic (exact) mass is 534 g/mol. The van der Waals surface area contributed by atoms with Crippen molar-refractivity contribution in [2.75, 3.05) is 16.8 Å². The maximum atomic E-state index is 14.2. The lowest BCUT2D eigenvalue weighted by atomic mass is 9.66. The van der Waals surface area contributed by atoms with E-state index >= 15 is 0 Å². The van der Waals surface area contributed by atoms with Gasteiger partial charge in [0.05, 0.1) is 16.7 Å². The Labute approximate surface area is 208 Å². The molecular weight excluding hydrogens is 516 g/mol. The van der Waals surface area contributed by atoms with Gasteiger partial charge in [0.25, 0.3) is 11.6 Å². The van der Waals surface area contributed by atoms with Crippen molar-refractivity contribution in [1.29, 1.82) is 0 Å². The second-order valence-electron chi connectivity index (χ2n) is 8.52. The van der Waals surface area contributed by atoms with Crippen molar-refractivity contribution < 1.29 is 19.3 Å². The third-order valence-corrected chi connectivity index (χ3v) is 7.12. The van der Waals surface area contributed by atoms with E-state index in [2.05, 4.69) is 21.2 Å². The second kappa shape index (κ2) is 8.31. The predicted molar refractivity (Wildman–Crippen MR) is 132 cm³/mol. The fraction of sp³-hybridized carbons (Fsp3) is 0.160. The Morgan fingerprint density at radius 2 is 1.71 bits per heavy atom. The molecule has 2 atom stereocenters. The molecule has 1 spiro atoms. The SMILES string of the molecule is CN1c2ccc([N+](=O)[O-])cc2C[C@]2(C(=O)NC(=O)N(c3ccc(Br)cc3)C2=O)[C@H]1c1ccccc1. The van der Waals surface area contributed by atoms with Crippen LogP contribution in [0.4, 0.5) is 21.9 Å². The highest BCUT2D eigenvalue weighted by Crippen LogP contribution is 2.52. The summed E-state index contributed by atoms with van der Waals surface area (Å²) in [6.07, 6.45) is -0.112. The van der Waals surface area contributed by atoms with Crippen LogP contribution in [0.25, 0.3) is 0 Å². The first-order valence-corrected chi connectivity index (χ1v) is 11.5. The van der Waals surface area contributed by atoms with Gasteiger partial charge in [0.2, 0.25) is 5.91 Å². The minimum Gasteiger partial charge on any atom is -0.366 e. The number of hydrogen-bond acceptors (Lipinski definition) is 6. The molecule has 9 nitrogen and oxygen atoms in total. The van der Waals surface area contributed by atoms with Gasteiger partial charge in [0.1, 0.15) is 0 Å². The molecule has 5 rings (SSSR count). The second-order valence-corrected chi connectivity index (χ2v) is 9.43. The molecule has 0 aliphatic carbocycles. The zero-order chi connectivity index (χ0) is 24.9. The van der Waals surface area contributed by atoms with Crippen LogP contribution < -0.4 is 15.1 Å². The molecule has 2 aliphatic heterocycles. The van der Waals surface area contributed by atoms with E-state index in [4.69, 9.17) is 0 Å². The van der Waals surface area contributed by atoms with Crippen LogP contribution in [0.3, 0.4) is 0 Å². The molecule has 35 heavy (non-hydrogen) atoms. The summed E-state index contributed by atoms with van der Waals surface area (Å²) in [4.78, 5) is 54.5. The van der Waals surface area contributed by atoms with Crippen LogP contribution >= 0.6 is 15.9 Å². The van der Waals surface area contributed by atoms with E-state index < -0.39 is 34.2 Å². The molecule has 1 N–H and O–H groups in total. The van der Waals surface area contributed by atoms with Gasteiger partial charge in [-0.3, -0.25) is 25.0 Å². The normalized spacial score (nSPS) is 21.7. The quantitative estimate of drug-likeness (QED) is 0.303. The molecule has 0 saturated carbocycles. The molecule has 1 fully saturated rings. The van der Waals surface area contributed by atoms with Crippen molar-refractivity contribution in [1.82, 2.24) is 5.32 Å². The van der Waals surface area contributed by atoms with E-state index in [1.54, 1.807) is 42.3 Å². The molecule has 0 radical (unpaired) electrons. The minimum absolute atomic E-state index is 0.112. The third kappa shape index (κ3) is 3.48. The first-order valence-electron chi connectivity index (χ1n) is 10.7. The van der Waals surface area contributed by atoms with Crippen molar-refractivity contribution >= 4 is 50.8 Å². The number of urea groups is 1. The molecule has 3 aromatic rings. The van der Waals surface area contributed by atoms with Gasteiger partial charge in [-0.15, -0.1) is 0 Å². The molecule has 4 amide bonds. The predicted octanol–water partition coefficient (Wildman–Crippen LogP) is 4.36. The van der Waals surface area contributed by atoms with E-state index in [9.17, 15) is 24.5 Å². The number of nitrogens with one attached hydrogen (secondary N) is 1. The molecule has 3 aromatic carbocycles. The lowest BCUT2D eigenvalue weighted by molar-refractivity contribution is -0.384. The average molecular weight is 535 g/mol. The van der Waals surface area contributed by atoms with Gasteiger partial charge in [0.15, 0.2) is 5.41 Å². The van der Waals surface area contributed by atoms with Crippen LogP contribution in [0.15, 0.2) is 77.3 Å². The fourth-order valence-electron chi connectivity index (χ4n) is 5.06. The van der Waals surface area contributed by atoms with E-state index in [0.29, 0.717) is 22.5 Å². The Morgan fingerprint density at radius 1 is 1.03 bits per heavy atom. The Kier molecular flexibility index (Phi) is 5.40. The van der Waals surface area contributed by atoms with E-state index in [0.717, 1.165) is 9.37 Å². The zero-order valence-corrected chi connectivity index (χ0v) is 20.1.